The SMILES string of the molecule is O=C(Nc1ccc(Br)cc1F)c1cc(S(=O)(=O)N2CCCCC2)ccc1F. The molecule has 3 rings (SSSR count). The quantitative estimate of drug-likeness (QED) is 0.747. The largest absolute Gasteiger partial charge is 0.319 e. The summed E-state index contributed by atoms with van der Waals surface area (Å²) in [6.07, 6.45) is 2.48. The molecule has 0 spiro atoms. The lowest BCUT2D eigenvalue weighted by Crippen LogP contribution is -2.35. The smallest absolute Gasteiger partial charge is 0.258 e. The minimum Gasteiger partial charge on any atom is -0.319 e. The zero-order chi connectivity index (χ0) is 19.6. The molecule has 9 heteroatoms. The van der Waals surface area contributed by atoms with Crippen LogP contribution in [0.15, 0.2) is 45.8 Å². The molecule has 2 aromatic rings. The maximum atomic E-state index is 14.1. The molecule has 1 amide bonds. The molecule has 144 valence electrons. The van der Waals surface area contributed by atoms with E-state index in [1.807, 2.05) is 0 Å². The van der Waals surface area contributed by atoms with Gasteiger partial charge in [-0.3, -0.25) is 4.79 Å². The first-order valence-corrected chi connectivity index (χ1v) is 10.6. The normalized spacial score (nSPS) is 15.5. The maximum absolute atomic E-state index is 14.1. The topological polar surface area (TPSA) is 66.5 Å². The number of anilines is 1. The number of carbonyl (C=O) groups excluding carboxylic acids is 1. The molecule has 0 atom stereocenters. The minimum absolute atomic E-state index is 0.133. The van der Waals surface area contributed by atoms with Gasteiger partial charge in [0, 0.05) is 17.6 Å². The van der Waals surface area contributed by atoms with Crippen molar-refractivity contribution in [1.29, 1.82) is 0 Å². The average Bonchev–Trinajstić information content (AvgIpc) is 2.65. The van der Waals surface area contributed by atoms with Crippen LogP contribution in [0.25, 0.3) is 0 Å². The van der Waals surface area contributed by atoms with Gasteiger partial charge in [0.1, 0.15) is 11.6 Å². The fourth-order valence-corrected chi connectivity index (χ4v) is 4.75. The molecule has 0 saturated carbocycles. The molecule has 1 fully saturated rings. The highest BCUT2D eigenvalue weighted by molar-refractivity contribution is 9.10. The van der Waals surface area contributed by atoms with E-state index in [0.717, 1.165) is 43.5 Å². The van der Waals surface area contributed by atoms with E-state index in [1.54, 1.807) is 0 Å². The monoisotopic (exact) mass is 458 g/mol. The van der Waals surface area contributed by atoms with Crippen LogP contribution in [0.3, 0.4) is 0 Å². The fraction of sp³-hybridized carbons (Fsp3) is 0.278. The summed E-state index contributed by atoms with van der Waals surface area (Å²) in [6, 6.07) is 7.06. The Balaban J connectivity index is 1.89. The Kier molecular flexibility index (Phi) is 5.92. The number of rotatable bonds is 4. The van der Waals surface area contributed by atoms with Crippen molar-refractivity contribution in [1.82, 2.24) is 4.31 Å². The van der Waals surface area contributed by atoms with Gasteiger partial charge in [0.15, 0.2) is 0 Å². The van der Waals surface area contributed by atoms with E-state index in [9.17, 15) is 22.0 Å². The number of nitrogens with one attached hydrogen (secondary N) is 1. The van der Waals surface area contributed by atoms with Gasteiger partial charge in [-0.15, -0.1) is 0 Å². The van der Waals surface area contributed by atoms with E-state index < -0.39 is 33.1 Å². The second-order valence-corrected chi connectivity index (χ2v) is 9.04. The molecule has 0 aromatic heterocycles. The van der Waals surface area contributed by atoms with Crippen LogP contribution in [-0.2, 0) is 10.0 Å². The molecule has 1 N–H and O–H groups in total. The van der Waals surface area contributed by atoms with Gasteiger partial charge in [-0.25, -0.2) is 17.2 Å². The number of hydrogen-bond donors (Lipinski definition) is 1. The van der Waals surface area contributed by atoms with Crippen molar-refractivity contribution in [3.8, 4) is 0 Å². The van der Waals surface area contributed by atoms with Crippen LogP contribution >= 0.6 is 15.9 Å². The van der Waals surface area contributed by atoms with Gasteiger partial charge in [-0.2, -0.15) is 4.31 Å². The van der Waals surface area contributed by atoms with Crippen LogP contribution in [-0.4, -0.2) is 31.7 Å². The molecule has 0 radical (unpaired) electrons. The summed E-state index contributed by atoms with van der Waals surface area (Å²) >= 11 is 3.10. The summed E-state index contributed by atoms with van der Waals surface area (Å²) in [5.41, 5.74) is -0.595. The van der Waals surface area contributed by atoms with Crippen LogP contribution in [0.2, 0.25) is 0 Å². The molecular formula is C18H17BrF2N2O3S. The highest BCUT2D eigenvalue weighted by atomic mass is 79.9. The predicted molar refractivity (Wildman–Crippen MR) is 101 cm³/mol. The second kappa shape index (κ2) is 8.04. The first kappa shape index (κ1) is 19.9. The Labute approximate surface area is 164 Å². The molecule has 0 bridgehead atoms. The van der Waals surface area contributed by atoms with Crippen molar-refractivity contribution in [2.75, 3.05) is 18.4 Å². The number of benzene rings is 2. The maximum Gasteiger partial charge on any atom is 0.258 e. The molecule has 0 unspecified atom stereocenters. The summed E-state index contributed by atoms with van der Waals surface area (Å²) < 4.78 is 55.3. The summed E-state index contributed by atoms with van der Waals surface area (Å²) in [5, 5.41) is 2.27. The van der Waals surface area contributed by atoms with Crippen LogP contribution in [0, 0.1) is 11.6 Å². The summed E-state index contributed by atoms with van der Waals surface area (Å²) in [4.78, 5) is 12.2. The number of nitrogens with zero attached hydrogens (tertiary/aromatic N) is 1. The Bertz CT molecular complexity index is 977. The third kappa shape index (κ3) is 4.36. The van der Waals surface area contributed by atoms with E-state index in [-0.39, 0.29) is 10.6 Å². The fourth-order valence-electron chi connectivity index (χ4n) is 2.87. The van der Waals surface area contributed by atoms with Crippen LogP contribution in [0.4, 0.5) is 14.5 Å². The summed E-state index contributed by atoms with van der Waals surface area (Å²) in [6.45, 7) is 0.788. The highest BCUT2D eigenvalue weighted by Gasteiger charge is 2.27. The molecule has 5 nitrogen and oxygen atoms in total. The second-order valence-electron chi connectivity index (χ2n) is 6.18. The molecule has 1 aliphatic heterocycles. The molecular weight excluding hydrogens is 442 g/mol. The Hall–Kier alpha value is -1.84. The number of carbonyl (C=O) groups is 1. The van der Waals surface area contributed by atoms with Crippen LogP contribution in [0.5, 0.6) is 0 Å². The van der Waals surface area contributed by atoms with Gasteiger partial charge >= 0.3 is 0 Å². The first-order chi connectivity index (χ1) is 12.8. The van der Waals surface area contributed by atoms with Crippen molar-refractivity contribution in [3.05, 3.63) is 58.1 Å². The minimum atomic E-state index is -3.82. The lowest BCUT2D eigenvalue weighted by atomic mass is 10.2. The van der Waals surface area contributed by atoms with Crippen LogP contribution in [0.1, 0.15) is 29.6 Å². The summed E-state index contributed by atoms with van der Waals surface area (Å²) in [5.74, 6) is -2.51. The van der Waals surface area contributed by atoms with Gasteiger partial charge < -0.3 is 5.32 Å². The predicted octanol–water partition coefficient (Wildman–Crippen LogP) is 4.15. The third-order valence-corrected chi connectivity index (χ3v) is 6.70. The van der Waals surface area contributed by atoms with E-state index in [0.29, 0.717) is 17.6 Å². The number of amides is 1. The number of sulfonamides is 1. The number of halogens is 3. The third-order valence-electron chi connectivity index (χ3n) is 4.31. The van der Waals surface area contributed by atoms with Gasteiger partial charge in [-0.1, -0.05) is 22.4 Å². The number of hydrogen-bond acceptors (Lipinski definition) is 3. The molecule has 1 aliphatic rings. The zero-order valence-electron chi connectivity index (χ0n) is 14.2. The van der Waals surface area contributed by atoms with Crippen molar-refractivity contribution in [2.24, 2.45) is 0 Å². The van der Waals surface area contributed by atoms with Crippen molar-refractivity contribution < 1.29 is 22.0 Å². The first-order valence-electron chi connectivity index (χ1n) is 8.35. The molecule has 1 saturated heterocycles. The zero-order valence-corrected chi connectivity index (χ0v) is 16.6. The Morgan fingerprint density at radius 1 is 1.00 bits per heavy atom. The lowest BCUT2D eigenvalue weighted by molar-refractivity contribution is 0.102. The van der Waals surface area contributed by atoms with Gasteiger partial charge in [0.05, 0.1) is 16.1 Å². The Morgan fingerprint density at radius 2 is 1.70 bits per heavy atom. The summed E-state index contributed by atoms with van der Waals surface area (Å²) in [7, 11) is -3.82. The van der Waals surface area contributed by atoms with Gasteiger partial charge in [0.25, 0.3) is 5.91 Å². The van der Waals surface area contributed by atoms with Crippen LogP contribution < -0.4 is 5.32 Å². The van der Waals surface area contributed by atoms with Crippen molar-refractivity contribution >= 4 is 37.5 Å². The molecule has 0 aliphatic carbocycles. The standard InChI is InChI=1S/C18H17BrF2N2O3S/c19-12-4-7-17(16(21)10-12)22-18(24)14-11-13(5-6-15(14)20)27(25,26)23-8-2-1-3-9-23/h4-7,10-11H,1-3,8-9H2,(H,22,24). The van der Waals surface area contributed by atoms with E-state index >= 15 is 0 Å². The lowest BCUT2D eigenvalue weighted by Gasteiger charge is -2.26. The average molecular weight is 459 g/mol. The van der Waals surface area contributed by atoms with Gasteiger partial charge in [-0.05, 0) is 49.2 Å². The highest BCUT2D eigenvalue weighted by Crippen LogP contribution is 2.24. The molecule has 2 aromatic carbocycles. The molecule has 1 heterocycles. The van der Waals surface area contributed by atoms with E-state index in [1.165, 1.54) is 16.4 Å². The Morgan fingerprint density at radius 3 is 2.37 bits per heavy atom. The molecule has 27 heavy (non-hydrogen) atoms. The van der Waals surface area contributed by atoms with E-state index in [2.05, 4.69) is 21.2 Å². The van der Waals surface area contributed by atoms with E-state index in [4.69, 9.17) is 0 Å². The van der Waals surface area contributed by atoms with Crippen molar-refractivity contribution in [3.63, 3.8) is 0 Å². The van der Waals surface area contributed by atoms with Gasteiger partial charge in [0.2, 0.25) is 10.0 Å². The number of piperidine rings is 1. The van der Waals surface area contributed by atoms with Crippen molar-refractivity contribution in [2.45, 2.75) is 24.2 Å².